The molecule has 0 N–H and O–H groups in total. The topological polar surface area (TPSA) is 54.5 Å². The molecule has 4 nitrogen and oxygen atoms in total. The fraction of sp³-hybridized carbons (Fsp3) is 0.824. The Labute approximate surface area is 128 Å². The van der Waals surface area contributed by atoms with Crippen LogP contribution in [0.5, 0.6) is 0 Å². The van der Waals surface area contributed by atoms with Crippen LogP contribution in [-0.4, -0.2) is 29.0 Å². The van der Waals surface area contributed by atoms with Crippen LogP contribution in [0.25, 0.3) is 0 Å². The molecule has 1 aliphatic heterocycles. The van der Waals surface area contributed by atoms with Crippen LogP contribution in [0.1, 0.15) is 72.1 Å². The van der Waals surface area contributed by atoms with Crippen LogP contribution in [0.3, 0.4) is 0 Å². The maximum Gasteiger partial charge on any atom is 0.232 e. The zero-order valence-corrected chi connectivity index (χ0v) is 13.7. The van der Waals surface area contributed by atoms with Crippen molar-refractivity contribution in [1.82, 2.24) is 4.90 Å². The molecule has 2 amide bonds. The van der Waals surface area contributed by atoms with Crippen molar-refractivity contribution in [3.05, 3.63) is 0 Å². The van der Waals surface area contributed by atoms with E-state index in [1.54, 1.807) is 0 Å². The molecule has 0 spiro atoms. The minimum atomic E-state index is -0.0834. The number of hydrogen-bond donors (Lipinski definition) is 0. The van der Waals surface area contributed by atoms with Gasteiger partial charge in [0.15, 0.2) is 0 Å². The summed E-state index contributed by atoms with van der Waals surface area (Å²) < 4.78 is 0. The van der Waals surface area contributed by atoms with Crippen LogP contribution < -0.4 is 0 Å². The van der Waals surface area contributed by atoms with Gasteiger partial charge < -0.3 is 0 Å². The molecule has 4 heteroatoms. The Kier molecular flexibility index (Phi) is 7.62. The van der Waals surface area contributed by atoms with Crippen LogP contribution >= 0.6 is 0 Å². The predicted octanol–water partition coefficient (Wildman–Crippen LogP) is 3.34. The smallest absolute Gasteiger partial charge is 0.232 e. The lowest BCUT2D eigenvalue weighted by Gasteiger charge is -2.14. The standard InChI is InChI=1S/C17H29NO3/c1-4-5-9-14-12-16(20)18(17(14)21)11-8-6-7-10-15(19)13(2)3/h13-14H,4-12H2,1-3H3. The van der Waals surface area contributed by atoms with Gasteiger partial charge in [0.25, 0.3) is 0 Å². The highest BCUT2D eigenvalue weighted by Gasteiger charge is 2.37. The number of carbonyl (C=O) groups excluding carboxylic acids is 3. The summed E-state index contributed by atoms with van der Waals surface area (Å²) in [7, 11) is 0. The lowest BCUT2D eigenvalue weighted by atomic mass is 10.0. The molecule has 0 saturated carbocycles. The minimum Gasteiger partial charge on any atom is -0.299 e. The first-order chi connectivity index (χ1) is 9.97. The second-order valence-electron chi connectivity index (χ2n) is 6.36. The number of hydrogen-bond acceptors (Lipinski definition) is 3. The van der Waals surface area contributed by atoms with Crippen molar-refractivity contribution >= 4 is 17.6 Å². The highest BCUT2D eigenvalue weighted by molar-refractivity contribution is 6.03. The van der Waals surface area contributed by atoms with E-state index in [-0.39, 0.29) is 23.7 Å². The Hall–Kier alpha value is -1.19. The molecule has 0 radical (unpaired) electrons. The first-order valence-corrected chi connectivity index (χ1v) is 8.34. The van der Waals surface area contributed by atoms with Gasteiger partial charge in [0, 0.05) is 31.2 Å². The number of carbonyl (C=O) groups is 3. The van der Waals surface area contributed by atoms with Crippen molar-refractivity contribution in [1.29, 1.82) is 0 Å². The van der Waals surface area contributed by atoms with E-state index in [4.69, 9.17) is 0 Å². The third kappa shape index (κ3) is 5.60. The Balaban J connectivity index is 2.24. The van der Waals surface area contributed by atoms with Gasteiger partial charge in [-0.2, -0.15) is 0 Å². The van der Waals surface area contributed by atoms with E-state index in [1.807, 2.05) is 13.8 Å². The van der Waals surface area contributed by atoms with E-state index >= 15 is 0 Å². The Morgan fingerprint density at radius 3 is 2.52 bits per heavy atom. The van der Waals surface area contributed by atoms with Gasteiger partial charge in [-0.05, 0) is 19.3 Å². The van der Waals surface area contributed by atoms with Crippen molar-refractivity contribution < 1.29 is 14.4 Å². The van der Waals surface area contributed by atoms with Gasteiger partial charge in [-0.1, -0.05) is 40.0 Å². The lowest BCUT2D eigenvalue weighted by Crippen LogP contribution is -2.31. The molecule has 0 aromatic heterocycles. The molecule has 1 heterocycles. The number of unbranched alkanes of at least 4 members (excludes halogenated alkanes) is 3. The normalized spacial score (nSPS) is 18.9. The maximum atomic E-state index is 12.1. The van der Waals surface area contributed by atoms with E-state index in [9.17, 15) is 14.4 Å². The molecule has 0 bridgehead atoms. The SMILES string of the molecule is CCCCC1CC(=O)N(CCCCCC(=O)C(C)C)C1=O. The zero-order valence-electron chi connectivity index (χ0n) is 13.7. The summed E-state index contributed by atoms with van der Waals surface area (Å²) in [6.07, 6.45) is 6.46. The number of likely N-dealkylation sites (tertiary alicyclic amines) is 1. The summed E-state index contributed by atoms with van der Waals surface area (Å²) >= 11 is 0. The molecule has 21 heavy (non-hydrogen) atoms. The highest BCUT2D eigenvalue weighted by atomic mass is 16.2. The second kappa shape index (κ2) is 8.96. The van der Waals surface area contributed by atoms with Crippen LogP contribution in [0, 0.1) is 11.8 Å². The summed E-state index contributed by atoms with van der Waals surface area (Å²) in [6, 6.07) is 0. The number of nitrogens with zero attached hydrogens (tertiary/aromatic N) is 1. The first-order valence-electron chi connectivity index (χ1n) is 8.34. The van der Waals surface area contributed by atoms with E-state index < -0.39 is 0 Å². The van der Waals surface area contributed by atoms with Gasteiger partial charge >= 0.3 is 0 Å². The van der Waals surface area contributed by atoms with Crippen molar-refractivity contribution in [2.45, 2.75) is 72.1 Å². The molecule has 0 aromatic carbocycles. The van der Waals surface area contributed by atoms with Crippen LogP contribution in [-0.2, 0) is 14.4 Å². The van der Waals surface area contributed by atoms with Crippen molar-refractivity contribution in [3.63, 3.8) is 0 Å². The molecule has 1 atom stereocenters. The van der Waals surface area contributed by atoms with Crippen LogP contribution in [0.4, 0.5) is 0 Å². The van der Waals surface area contributed by atoms with E-state index in [0.717, 1.165) is 38.5 Å². The van der Waals surface area contributed by atoms with Gasteiger partial charge in [-0.25, -0.2) is 0 Å². The summed E-state index contributed by atoms with van der Waals surface area (Å²) in [5.41, 5.74) is 0. The highest BCUT2D eigenvalue weighted by Crippen LogP contribution is 2.25. The monoisotopic (exact) mass is 295 g/mol. The molecule has 1 aliphatic rings. The number of ketones is 1. The third-order valence-corrected chi connectivity index (χ3v) is 4.19. The number of Topliss-reactive ketones (excluding diaryl/α,β-unsaturated/α-hetero) is 1. The van der Waals surface area contributed by atoms with Gasteiger partial charge in [-0.15, -0.1) is 0 Å². The van der Waals surface area contributed by atoms with Gasteiger partial charge in [0.2, 0.25) is 11.8 Å². The van der Waals surface area contributed by atoms with Crippen molar-refractivity contribution in [2.24, 2.45) is 11.8 Å². The Morgan fingerprint density at radius 2 is 1.90 bits per heavy atom. The molecule has 120 valence electrons. The molecule has 0 aromatic rings. The summed E-state index contributed by atoms with van der Waals surface area (Å²) in [5.74, 6) is 0.319. The molecular weight excluding hydrogens is 266 g/mol. The van der Waals surface area contributed by atoms with Crippen molar-refractivity contribution in [3.8, 4) is 0 Å². The zero-order chi connectivity index (χ0) is 15.8. The Bertz CT molecular complexity index is 376. The van der Waals surface area contributed by atoms with Gasteiger partial charge in [0.1, 0.15) is 5.78 Å². The lowest BCUT2D eigenvalue weighted by molar-refractivity contribution is -0.139. The summed E-state index contributed by atoms with van der Waals surface area (Å²) in [6.45, 7) is 6.45. The van der Waals surface area contributed by atoms with Crippen molar-refractivity contribution in [2.75, 3.05) is 6.54 Å². The summed E-state index contributed by atoms with van der Waals surface area (Å²) in [5, 5.41) is 0. The van der Waals surface area contributed by atoms with Gasteiger partial charge in [-0.3, -0.25) is 19.3 Å². The number of rotatable bonds is 10. The molecule has 1 rings (SSSR count). The minimum absolute atomic E-state index is 0.0145. The first kappa shape index (κ1) is 17.9. The average molecular weight is 295 g/mol. The van der Waals surface area contributed by atoms with E-state index in [1.165, 1.54) is 4.90 Å². The third-order valence-electron chi connectivity index (χ3n) is 4.19. The number of imide groups is 1. The van der Waals surface area contributed by atoms with Crippen LogP contribution in [0.15, 0.2) is 0 Å². The average Bonchev–Trinajstić information content (AvgIpc) is 2.71. The van der Waals surface area contributed by atoms with Gasteiger partial charge in [0.05, 0.1) is 0 Å². The molecule has 1 unspecified atom stereocenters. The second-order valence-corrected chi connectivity index (χ2v) is 6.36. The predicted molar refractivity (Wildman–Crippen MR) is 82.7 cm³/mol. The molecule has 1 saturated heterocycles. The number of amides is 2. The summed E-state index contributed by atoms with van der Waals surface area (Å²) in [4.78, 5) is 36.9. The Morgan fingerprint density at radius 1 is 1.19 bits per heavy atom. The fourth-order valence-electron chi connectivity index (χ4n) is 2.70. The molecule has 1 fully saturated rings. The quantitative estimate of drug-likeness (QED) is 0.459. The van der Waals surface area contributed by atoms with Crippen LogP contribution in [0.2, 0.25) is 0 Å². The largest absolute Gasteiger partial charge is 0.299 e. The molecule has 0 aliphatic carbocycles. The van der Waals surface area contributed by atoms with E-state index in [0.29, 0.717) is 25.2 Å². The molecular formula is C17H29NO3. The van der Waals surface area contributed by atoms with E-state index in [2.05, 4.69) is 6.92 Å². The fourth-order valence-corrected chi connectivity index (χ4v) is 2.70. The maximum absolute atomic E-state index is 12.1.